The van der Waals surface area contributed by atoms with Crippen LogP contribution in [0.15, 0.2) is 24.5 Å². The first-order valence-corrected chi connectivity index (χ1v) is 9.15. The van der Waals surface area contributed by atoms with Gasteiger partial charge in [-0.25, -0.2) is 9.37 Å². The molecule has 0 amide bonds. The van der Waals surface area contributed by atoms with Gasteiger partial charge in [-0.1, -0.05) is 0 Å². The summed E-state index contributed by atoms with van der Waals surface area (Å²) in [6.45, 7) is 3.01. The highest BCUT2D eigenvalue weighted by Gasteiger charge is 2.25. The van der Waals surface area contributed by atoms with Gasteiger partial charge in [-0.05, 0) is 25.5 Å². The topological polar surface area (TPSA) is 91.1 Å². The second kappa shape index (κ2) is 5.93. The summed E-state index contributed by atoms with van der Waals surface area (Å²) in [6, 6.07) is 3.03. The summed E-state index contributed by atoms with van der Waals surface area (Å²) < 4.78 is 23.7. The number of ether oxygens (including phenoxy) is 1. The van der Waals surface area contributed by atoms with Gasteiger partial charge in [-0.2, -0.15) is 5.10 Å². The largest absolute Gasteiger partial charge is 0.494 e. The lowest BCUT2D eigenvalue weighted by molar-refractivity contribution is 0.185. The van der Waals surface area contributed by atoms with E-state index in [9.17, 15) is 9.50 Å². The highest BCUT2D eigenvalue weighted by atomic mass is 19.1. The molecule has 0 radical (unpaired) electrons. The monoisotopic (exact) mass is 381 g/mol. The number of nitrogen functional groups attached to an aromatic ring is 1. The number of halogens is 1. The lowest BCUT2D eigenvalue weighted by Crippen LogP contribution is -2.06. The number of benzene rings is 1. The van der Waals surface area contributed by atoms with E-state index in [1.165, 1.54) is 6.07 Å². The molecule has 1 aliphatic rings. The molecular formula is C20H20FN5O2. The van der Waals surface area contributed by atoms with Crippen molar-refractivity contribution >= 4 is 27.5 Å². The Bertz CT molecular complexity index is 1240. The summed E-state index contributed by atoms with van der Waals surface area (Å²) in [5.74, 6) is -0.316. The average Bonchev–Trinajstić information content (AvgIpc) is 3.35. The van der Waals surface area contributed by atoms with Crippen LogP contribution in [0.25, 0.3) is 32.9 Å². The van der Waals surface area contributed by atoms with E-state index in [1.807, 2.05) is 6.92 Å². The zero-order chi connectivity index (χ0) is 19.6. The summed E-state index contributed by atoms with van der Waals surface area (Å²) in [6.07, 6.45) is 4.35. The minimum Gasteiger partial charge on any atom is -0.494 e. The number of aromatic hydroxyl groups is 1. The summed E-state index contributed by atoms with van der Waals surface area (Å²) in [4.78, 5) is 4.70. The van der Waals surface area contributed by atoms with E-state index in [2.05, 4.69) is 5.10 Å². The maximum Gasteiger partial charge on any atom is 0.203 e. The fourth-order valence-corrected chi connectivity index (χ4v) is 4.12. The Morgan fingerprint density at radius 1 is 1.32 bits per heavy atom. The Morgan fingerprint density at radius 2 is 2.14 bits per heavy atom. The molecule has 1 aromatic carbocycles. The molecule has 1 aliphatic heterocycles. The maximum absolute atomic E-state index is 14.9. The van der Waals surface area contributed by atoms with Crippen LogP contribution in [0.4, 0.5) is 10.1 Å². The van der Waals surface area contributed by atoms with Gasteiger partial charge in [0.25, 0.3) is 0 Å². The van der Waals surface area contributed by atoms with Crippen LogP contribution in [-0.2, 0) is 11.8 Å². The highest BCUT2D eigenvalue weighted by Crippen LogP contribution is 2.41. The first-order valence-electron chi connectivity index (χ1n) is 9.15. The fourth-order valence-electron chi connectivity index (χ4n) is 4.12. The summed E-state index contributed by atoms with van der Waals surface area (Å²) in [7, 11) is 1.79. The molecule has 0 bridgehead atoms. The molecule has 8 heteroatoms. The number of fused-ring (bicyclic) bond motifs is 2. The lowest BCUT2D eigenvalue weighted by Gasteiger charge is -2.11. The molecule has 28 heavy (non-hydrogen) atoms. The Balaban J connectivity index is 1.84. The minimum atomic E-state index is -0.386. The van der Waals surface area contributed by atoms with Crippen LogP contribution in [0.1, 0.15) is 18.2 Å². The van der Waals surface area contributed by atoms with E-state index >= 15 is 0 Å². The third-order valence-electron chi connectivity index (χ3n) is 5.49. The molecule has 0 unspecified atom stereocenters. The number of hydrogen-bond acceptors (Lipinski definition) is 5. The van der Waals surface area contributed by atoms with Crippen molar-refractivity contribution in [3.05, 3.63) is 36.0 Å². The first kappa shape index (κ1) is 17.0. The van der Waals surface area contributed by atoms with Crippen molar-refractivity contribution in [3.8, 4) is 17.0 Å². The second-order valence-corrected chi connectivity index (χ2v) is 7.28. The molecule has 3 N–H and O–H groups in total. The van der Waals surface area contributed by atoms with Gasteiger partial charge in [-0.3, -0.25) is 4.68 Å². The van der Waals surface area contributed by atoms with Gasteiger partial charge in [0, 0.05) is 42.6 Å². The molecule has 7 nitrogen and oxygen atoms in total. The highest BCUT2D eigenvalue weighted by molar-refractivity contribution is 6.12. The van der Waals surface area contributed by atoms with Crippen molar-refractivity contribution in [3.63, 3.8) is 0 Å². The number of hydrogen-bond donors (Lipinski definition) is 2. The molecule has 1 atom stereocenters. The number of aromatic nitrogens is 4. The molecule has 0 aliphatic carbocycles. The van der Waals surface area contributed by atoms with Gasteiger partial charge in [0.2, 0.25) is 5.88 Å². The second-order valence-electron chi connectivity index (χ2n) is 7.28. The quantitative estimate of drug-likeness (QED) is 0.556. The van der Waals surface area contributed by atoms with Crippen LogP contribution in [0.3, 0.4) is 0 Å². The van der Waals surface area contributed by atoms with Crippen molar-refractivity contribution < 1.29 is 14.2 Å². The molecule has 1 saturated heterocycles. The number of nitrogens with zero attached hydrogens (tertiary/aromatic N) is 4. The number of rotatable bonds is 2. The third-order valence-corrected chi connectivity index (χ3v) is 5.49. The average molecular weight is 381 g/mol. The number of pyridine rings is 1. The summed E-state index contributed by atoms with van der Waals surface area (Å²) >= 11 is 0. The molecule has 0 spiro atoms. The van der Waals surface area contributed by atoms with Gasteiger partial charge >= 0.3 is 0 Å². The maximum atomic E-state index is 14.9. The van der Waals surface area contributed by atoms with Gasteiger partial charge in [-0.15, -0.1) is 0 Å². The predicted octanol–water partition coefficient (Wildman–Crippen LogP) is 3.29. The Labute approximate surface area is 160 Å². The van der Waals surface area contributed by atoms with E-state index in [-0.39, 0.29) is 17.7 Å². The van der Waals surface area contributed by atoms with Gasteiger partial charge < -0.3 is 20.1 Å². The SMILES string of the molecule is Cc1nn(C)cc1-c1c(F)ccc2c(N)c3c(O)n([C@@H]4CCOC4)cc3nc12. The third kappa shape index (κ3) is 2.31. The molecule has 0 saturated carbocycles. The van der Waals surface area contributed by atoms with Crippen LogP contribution in [0.2, 0.25) is 0 Å². The molecule has 1 fully saturated rings. The van der Waals surface area contributed by atoms with Gasteiger partial charge in [0.1, 0.15) is 5.82 Å². The van der Waals surface area contributed by atoms with Crippen molar-refractivity contribution in [2.24, 2.45) is 7.05 Å². The van der Waals surface area contributed by atoms with E-state index in [0.717, 1.165) is 6.42 Å². The Morgan fingerprint density at radius 3 is 2.82 bits per heavy atom. The molecular weight excluding hydrogens is 361 g/mol. The van der Waals surface area contributed by atoms with E-state index < -0.39 is 0 Å². The fraction of sp³-hybridized carbons (Fsp3) is 0.300. The smallest absolute Gasteiger partial charge is 0.203 e. The summed E-state index contributed by atoms with van der Waals surface area (Å²) in [5, 5.41) is 16.2. The lowest BCUT2D eigenvalue weighted by atomic mass is 10.0. The Hall–Kier alpha value is -3.13. The first-order chi connectivity index (χ1) is 13.5. The van der Waals surface area contributed by atoms with E-state index in [0.29, 0.717) is 57.5 Å². The molecule has 144 valence electrons. The zero-order valence-electron chi connectivity index (χ0n) is 15.6. The predicted molar refractivity (Wildman–Crippen MR) is 105 cm³/mol. The van der Waals surface area contributed by atoms with Crippen molar-refractivity contribution in [1.82, 2.24) is 19.3 Å². The van der Waals surface area contributed by atoms with Crippen LogP contribution in [-0.4, -0.2) is 37.7 Å². The van der Waals surface area contributed by atoms with Crippen LogP contribution >= 0.6 is 0 Å². The van der Waals surface area contributed by atoms with Crippen molar-refractivity contribution in [1.29, 1.82) is 0 Å². The molecule has 4 heterocycles. The van der Waals surface area contributed by atoms with Gasteiger partial charge in [0.15, 0.2) is 0 Å². The van der Waals surface area contributed by atoms with E-state index in [4.69, 9.17) is 15.5 Å². The Kier molecular flexibility index (Phi) is 3.60. The summed E-state index contributed by atoms with van der Waals surface area (Å²) in [5.41, 5.74) is 9.54. The molecule has 4 aromatic rings. The van der Waals surface area contributed by atoms with Crippen LogP contribution in [0.5, 0.6) is 5.88 Å². The minimum absolute atomic E-state index is 0.0356. The standard InChI is InChI=1S/C20H20FN5O2/c1-10-13(7-25(2)24-10)16-14(21)4-3-12-18(22)17-15(23-19(12)16)8-26(20(17)27)11-5-6-28-9-11/h3-4,7-8,11,27H,5-6,9,22H2,1-2H3/t11-/m1/s1. The van der Waals surface area contributed by atoms with Gasteiger partial charge in [0.05, 0.1) is 40.4 Å². The van der Waals surface area contributed by atoms with Crippen molar-refractivity contribution in [2.45, 2.75) is 19.4 Å². The normalized spacial score (nSPS) is 17.2. The molecule has 3 aromatic heterocycles. The van der Waals surface area contributed by atoms with Crippen molar-refractivity contribution in [2.75, 3.05) is 18.9 Å². The van der Waals surface area contributed by atoms with Crippen LogP contribution < -0.4 is 5.73 Å². The number of nitrogens with two attached hydrogens (primary N) is 1. The van der Waals surface area contributed by atoms with Crippen LogP contribution in [0, 0.1) is 12.7 Å². The number of aryl methyl sites for hydroxylation is 2. The van der Waals surface area contributed by atoms with E-state index in [1.54, 1.807) is 34.8 Å². The molecule has 5 rings (SSSR count). The zero-order valence-corrected chi connectivity index (χ0v) is 15.6. The number of anilines is 1.